The Hall–Kier alpha value is -2.58. The van der Waals surface area contributed by atoms with Crippen molar-refractivity contribution in [3.05, 3.63) is 64.5 Å². The molecular formula is C25H32F3N3O2. The highest BCUT2D eigenvalue weighted by atomic mass is 19.1. The third kappa shape index (κ3) is 6.48. The van der Waals surface area contributed by atoms with Crippen molar-refractivity contribution < 1.29 is 23.1 Å². The molecule has 0 saturated heterocycles. The summed E-state index contributed by atoms with van der Waals surface area (Å²) in [6.07, 6.45) is -0.213. The Kier molecular flexibility index (Phi) is 7.69. The topological polar surface area (TPSA) is 73.4 Å². The maximum Gasteiger partial charge on any atom is 0.217 e. The van der Waals surface area contributed by atoms with E-state index in [1.165, 1.54) is 25.1 Å². The van der Waals surface area contributed by atoms with E-state index < -0.39 is 23.8 Å². The van der Waals surface area contributed by atoms with Gasteiger partial charge in [0.05, 0.1) is 12.1 Å². The molecule has 4 N–H and O–H groups in total. The van der Waals surface area contributed by atoms with Crippen molar-refractivity contribution in [1.29, 1.82) is 0 Å². The van der Waals surface area contributed by atoms with Gasteiger partial charge in [0.25, 0.3) is 0 Å². The Bertz CT molecular complexity index is 987. The van der Waals surface area contributed by atoms with E-state index in [0.717, 1.165) is 18.1 Å². The van der Waals surface area contributed by atoms with Gasteiger partial charge in [0, 0.05) is 37.8 Å². The molecule has 1 heterocycles. The molecule has 33 heavy (non-hydrogen) atoms. The Morgan fingerprint density at radius 2 is 1.82 bits per heavy atom. The van der Waals surface area contributed by atoms with Crippen LogP contribution in [0.1, 0.15) is 56.8 Å². The van der Waals surface area contributed by atoms with Gasteiger partial charge < -0.3 is 21.1 Å². The van der Waals surface area contributed by atoms with Crippen LogP contribution in [0, 0.1) is 17.5 Å². The highest BCUT2D eigenvalue weighted by molar-refractivity contribution is 5.73. The molecule has 0 saturated carbocycles. The molecule has 1 amide bonds. The summed E-state index contributed by atoms with van der Waals surface area (Å²) >= 11 is 0. The predicted molar refractivity (Wildman–Crippen MR) is 123 cm³/mol. The van der Waals surface area contributed by atoms with Crippen LogP contribution in [0.5, 0.6) is 0 Å². The zero-order valence-electron chi connectivity index (χ0n) is 19.4. The molecule has 180 valence electrons. The second kappa shape index (κ2) is 10.1. The number of nitrogens with one attached hydrogen (secondary N) is 3. The summed E-state index contributed by atoms with van der Waals surface area (Å²) in [5, 5.41) is 20.0. The number of carbonyl (C=O) groups excluding carboxylic acids is 1. The molecule has 0 unspecified atom stereocenters. The van der Waals surface area contributed by atoms with Gasteiger partial charge in [0.1, 0.15) is 17.5 Å². The van der Waals surface area contributed by atoms with Gasteiger partial charge in [0.15, 0.2) is 0 Å². The van der Waals surface area contributed by atoms with Gasteiger partial charge >= 0.3 is 0 Å². The number of fused-ring (bicyclic) bond motifs is 1. The summed E-state index contributed by atoms with van der Waals surface area (Å²) in [5.41, 5.74) is 2.22. The maximum absolute atomic E-state index is 14.6. The monoisotopic (exact) mass is 463 g/mol. The van der Waals surface area contributed by atoms with Gasteiger partial charge in [-0.05, 0) is 59.2 Å². The SMILES string of the molecule is CC(=O)N[C@@H](Cc1cc(F)cc(F)c1)[C@@H](O)CN[C@H]1CCNc2cc(F)c(C(C)(C)C)cc21. The minimum atomic E-state index is -1.01. The number of amides is 1. The number of benzene rings is 2. The fraction of sp³-hybridized carbons (Fsp3) is 0.480. The van der Waals surface area contributed by atoms with Gasteiger partial charge in [-0.15, -0.1) is 0 Å². The van der Waals surface area contributed by atoms with Crippen LogP contribution in [0.15, 0.2) is 30.3 Å². The van der Waals surface area contributed by atoms with Crippen molar-refractivity contribution in [1.82, 2.24) is 10.6 Å². The van der Waals surface area contributed by atoms with Crippen LogP contribution in [-0.4, -0.2) is 36.2 Å². The first kappa shape index (κ1) is 25.1. The molecule has 2 aromatic carbocycles. The standard InChI is InChI=1S/C25H32F3N3O2/c1-14(32)31-23(9-15-7-16(26)10-17(27)8-15)24(33)13-30-21-5-6-29-22-12-20(28)19(11-18(21)22)25(2,3)4/h7-8,10-12,21,23-24,29-30,33H,5-6,9,13H2,1-4H3,(H,31,32)/t21-,23-,24-/m0/s1. The van der Waals surface area contributed by atoms with Crippen LogP contribution >= 0.6 is 0 Å². The molecule has 5 nitrogen and oxygen atoms in total. The lowest BCUT2D eigenvalue weighted by Crippen LogP contribution is -2.48. The minimum absolute atomic E-state index is 0.0687. The number of aliphatic hydroxyl groups is 1. The second-order valence-electron chi connectivity index (χ2n) is 9.70. The first-order chi connectivity index (χ1) is 15.4. The molecule has 0 fully saturated rings. The van der Waals surface area contributed by atoms with Crippen molar-refractivity contribution >= 4 is 11.6 Å². The molecule has 3 rings (SSSR count). The third-order valence-corrected chi connectivity index (χ3v) is 5.88. The number of anilines is 1. The Balaban J connectivity index is 1.75. The first-order valence-corrected chi connectivity index (χ1v) is 11.2. The van der Waals surface area contributed by atoms with Crippen LogP contribution in [0.25, 0.3) is 0 Å². The molecule has 1 aliphatic heterocycles. The van der Waals surface area contributed by atoms with Crippen molar-refractivity contribution in [3.8, 4) is 0 Å². The largest absolute Gasteiger partial charge is 0.390 e. The zero-order chi connectivity index (χ0) is 24.3. The van der Waals surface area contributed by atoms with Gasteiger partial charge in [-0.1, -0.05) is 20.8 Å². The number of hydrogen-bond acceptors (Lipinski definition) is 4. The lowest BCUT2D eigenvalue weighted by molar-refractivity contribution is -0.120. The van der Waals surface area contributed by atoms with Crippen LogP contribution in [-0.2, 0) is 16.6 Å². The summed E-state index contributed by atoms with van der Waals surface area (Å²) in [4.78, 5) is 11.7. The van der Waals surface area contributed by atoms with Crippen LogP contribution < -0.4 is 16.0 Å². The predicted octanol–water partition coefficient (Wildman–Crippen LogP) is 3.96. The number of aliphatic hydroxyl groups excluding tert-OH is 1. The molecule has 8 heteroatoms. The zero-order valence-corrected chi connectivity index (χ0v) is 19.4. The van der Waals surface area contributed by atoms with Crippen molar-refractivity contribution in [2.24, 2.45) is 0 Å². The first-order valence-electron chi connectivity index (χ1n) is 11.2. The average molecular weight is 464 g/mol. The summed E-state index contributed by atoms with van der Waals surface area (Å²) in [7, 11) is 0. The van der Waals surface area contributed by atoms with Gasteiger partial charge in [0.2, 0.25) is 5.91 Å². The molecule has 1 aliphatic rings. The number of halogens is 3. The van der Waals surface area contributed by atoms with Crippen molar-refractivity contribution in [3.63, 3.8) is 0 Å². The van der Waals surface area contributed by atoms with Crippen molar-refractivity contribution in [2.75, 3.05) is 18.4 Å². The highest BCUT2D eigenvalue weighted by Gasteiger charge is 2.28. The van der Waals surface area contributed by atoms with E-state index in [1.54, 1.807) is 0 Å². The molecule has 0 aromatic heterocycles. The molecule has 0 radical (unpaired) electrons. The van der Waals surface area contributed by atoms with E-state index in [4.69, 9.17) is 0 Å². The van der Waals surface area contributed by atoms with E-state index in [0.29, 0.717) is 23.4 Å². The fourth-order valence-electron chi connectivity index (χ4n) is 4.26. The average Bonchev–Trinajstić information content (AvgIpc) is 2.69. The van der Waals surface area contributed by atoms with E-state index in [9.17, 15) is 23.1 Å². The summed E-state index contributed by atoms with van der Waals surface area (Å²) in [6.45, 7) is 7.96. The van der Waals surface area contributed by atoms with Gasteiger partial charge in [-0.2, -0.15) is 0 Å². The fourth-order valence-corrected chi connectivity index (χ4v) is 4.26. The normalized spacial score (nSPS) is 17.6. The highest BCUT2D eigenvalue weighted by Crippen LogP contribution is 2.36. The van der Waals surface area contributed by atoms with Crippen LogP contribution in [0.3, 0.4) is 0 Å². The summed E-state index contributed by atoms with van der Waals surface area (Å²) < 4.78 is 41.8. The maximum atomic E-state index is 14.6. The van der Waals surface area contributed by atoms with Gasteiger partial charge in [-0.3, -0.25) is 4.79 Å². The van der Waals surface area contributed by atoms with E-state index in [-0.39, 0.29) is 36.1 Å². The van der Waals surface area contributed by atoms with E-state index in [1.807, 2.05) is 26.8 Å². The van der Waals surface area contributed by atoms with Crippen LogP contribution in [0.4, 0.5) is 18.9 Å². The smallest absolute Gasteiger partial charge is 0.217 e. The molecular weight excluding hydrogens is 431 g/mol. The van der Waals surface area contributed by atoms with E-state index >= 15 is 0 Å². The molecule has 2 aromatic rings. The second-order valence-corrected chi connectivity index (χ2v) is 9.70. The Morgan fingerprint density at radius 1 is 1.15 bits per heavy atom. The van der Waals surface area contributed by atoms with Crippen LogP contribution in [0.2, 0.25) is 0 Å². The number of carbonyl (C=O) groups is 1. The quantitative estimate of drug-likeness (QED) is 0.502. The lowest BCUT2D eigenvalue weighted by Gasteiger charge is -2.32. The molecule has 3 atom stereocenters. The molecule has 0 bridgehead atoms. The minimum Gasteiger partial charge on any atom is -0.390 e. The third-order valence-electron chi connectivity index (χ3n) is 5.88. The number of hydrogen-bond donors (Lipinski definition) is 4. The Morgan fingerprint density at radius 3 is 2.42 bits per heavy atom. The van der Waals surface area contributed by atoms with Crippen molar-refractivity contribution in [2.45, 2.75) is 64.1 Å². The summed E-state index contributed by atoms with van der Waals surface area (Å²) in [6, 6.07) is 5.66. The molecule has 0 aliphatic carbocycles. The summed E-state index contributed by atoms with van der Waals surface area (Å²) in [5.74, 6) is -2.05. The lowest BCUT2D eigenvalue weighted by atomic mass is 9.83. The number of rotatable bonds is 7. The van der Waals surface area contributed by atoms with E-state index in [2.05, 4.69) is 16.0 Å². The Labute approximate surface area is 192 Å². The van der Waals surface area contributed by atoms with Gasteiger partial charge in [-0.25, -0.2) is 13.2 Å². The molecule has 0 spiro atoms.